The monoisotopic (exact) mass is 453 g/mol. The number of nitrogens with one attached hydrogen (secondary N) is 1. The van der Waals surface area contributed by atoms with Gasteiger partial charge in [-0.05, 0) is 53.8 Å². The first-order valence-electron chi connectivity index (χ1n) is 9.30. The van der Waals surface area contributed by atoms with E-state index in [1.165, 1.54) is 4.68 Å². The zero-order chi connectivity index (χ0) is 20.4. The van der Waals surface area contributed by atoms with E-state index < -0.39 is 12.1 Å². The fourth-order valence-electron chi connectivity index (χ4n) is 3.48. The van der Waals surface area contributed by atoms with Gasteiger partial charge in [0.05, 0.1) is 6.20 Å². The molecule has 0 saturated carbocycles. The number of hydrogen-bond acceptors (Lipinski definition) is 4. The van der Waals surface area contributed by atoms with Crippen molar-refractivity contribution in [3.63, 3.8) is 0 Å². The van der Waals surface area contributed by atoms with Gasteiger partial charge in [0.1, 0.15) is 6.04 Å². The molecule has 1 aliphatic rings. The lowest BCUT2D eigenvalue weighted by atomic mass is 10.1. The summed E-state index contributed by atoms with van der Waals surface area (Å²) >= 11 is 3.45. The van der Waals surface area contributed by atoms with Gasteiger partial charge >= 0.3 is 6.03 Å². The molecule has 1 aliphatic heterocycles. The summed E-state index contributed by atoms with van der Waals surface area (Å²) in [6, 6.07) is 8.73. The second-order valence-corrected chi connectivity index (χ2v) is 7.95. The van der Waals surface area contributed by atoms with Crippen molar-refractivity contribution in [1.82, 2.24) is 20.1 Å². The summed E-state index contributed by atoms with van der Waals surface area (Å²) in [5.74, 6) is -0.139. The Morgan fingerprint density at radius 2 is 2.03 bits per heavy atom. The molecule has 7 nitrogen and oxygen atoms in total. The molecule has 2 aromatic heterocycles. The maximum atomic E-state index is 12.9. The van der Waals surface area contributed by atoms with E-state index in [0.717, 1.165) is 26.9 Å². The third kappa shape index (κ3) is 4.22. The van der Waals surface area contributed by atoms with Crippen LogP contribution in [0.2, 0.25) is 0 Å². The smallest absolute Gasteiger partial charge is 0.324 e. The summed E-state index contributed by atoms with van der Waals surface area (Å²) in [4.78, 5) is 31.2. The predicted molar refractivity (Wildman–Crippen MR) is 113 cm³/mol. The molecule has 148 valence electrons. The van der Waals surface area contributed by atoms with Crippen molar-refractivity contribution >= 4 is 33.6 Å². The van der Waals surface area contributed by atoms with Gasteiger partial charge in [-0.1, -0.05) is 22.0 Å². The molecular weight excluding hydrogens is 434 g/mol. The molecule has 3 heterocycles. The van der Waals surface area contributed by atoms with Crippen LogP contribution in [0.5, 0.6) is 0 Å². The largest absolute Gasteiger partial charge is 0.342 e. The van der Waals surface area contributed by atoms with Gasteiger partial charge in [0.2, 0.25) is 5.91 Å². The quantitative estimate of drug-likeness (QED) is 0.660. The Balaban J connectivity index is 1.45. The zero-order valence-electron chi connectivity index (χ0n) is 15.9. The van der Waals surface area contributed by atoms with Crippen LogP contribution in [0.15, 0.2) is 59.6 Å². The molecule has 3 aromatic rings. The van der Waals surface area contributed by atoms with Gasteiger partial charge in [0.25, 0.3) is 0 Å². The van der Waals surface area contributed by atoms with Crippen LogP contribution in [0.3, 0.4) is 0 Å². The highest BCUT2D eigenvalue weighted by molar-refractivity contribution is 9.10. The predicted octanol–water partition coefficient (Wildman–Crippen LogP) is 3.17. The van der Waals surface area contributed by atoms with Crippen molar-refractivity contribution < 1.29 is 9.59 Å². The van der Waals surface area contributed by atoms with Gasteiger partial charge in [0, 0.05) is 42.2 Å². The van der Waals surface area contributed by atoms with E-state index in [0.29, 0.717) is 19.3 Å². The molecular formula is C21H20BrN5O2. The number of anilines is 1. The van der Waals surface area contributed by atoms with Gasteiger partial charge in [-0.3, -0.25) is 9.78 Å². The molecule has 2 amide bonds. The van der Waals surface area contributed by atoms with Crippen LogP contribution in [0.25, 0.3) is 0 Å². The molecule has 4 rings (SSSR count). The summed E-state index contributed by atoms with van der Waals surface area (Å²) in [7, 11) is 1.73. The Labute approximate surface area is 176 Å². The third-order valence-corrected chi connectivity index (χ3v) is 5.53. The SMILES string of the molecule is CN1C(=O)[C@H](NC(=O)n2cc(Cc3ccncc3)cn2)CCc2ccc(Br)cc21. The topological polar surface area (TPSA) is 80.1 Å². The molecule has 1 aromatic carbocycles. The van der Waals surface area contributed by atoms with Crippen LogP contribution in [-0.2, 0) is 17.6 Å². The summed E-state index contributed by atoms with van der Waals surface area (Å²) in [5, 5.41) is 6.98. The van der Waals surface area contributed by atoms with Gasteiger partial charge in [0.15, 0.2) is 0 Å². The normalized spacial score (nSPS) is 16.3. The molecule has 1 N–H and O–H groups in total. The second-order valence-electron chi connectivity index (χ2n) is 7.04. The maximum Gasteiger partial charge on any atom is 0.342 e. The number of hydrogen-bond donors (Lipinski definition) is 1. The highest BCUT2D eigenvalue weighted by atomic mass is 79.9. The summed E-state index contributed by atoms with van der Waals surface area (Å²) in [5.41, 5.74) is 3.94. The third-order valence-electron chi connectivity index (χ3n) is 5.04. The number of nitrogens with zero attached hydrogens (tertiary/aromatic N) is 4. The van der Waals surface area contributed by atoms with Gasteiger partial charge < -0.3 is 10.2 Å². The first-order chi connectivity index (χ1) is 14.0. The standard InChI is InChI=1S/C21H20BrN5O2/c1-26-19-11-17(22)4-2-16(19)3-5-18(20(26)28)25-21(29)27-13-15(12-24-27)10-14-6-8-23-9-7-14/h2,4,6-9,11-13,18H,3,5,10H2,1H3,(H,25,29)/t18-/m1/s1. The molecule has 29 heavy (non-hydrogen) atoms. The van der Waals surface area contributed by atoms with Crippen molar-refractivity contribution in [2.24, 2.45) is 0 Å². The van der Waals surface area contributed by atoms with E-state index in [9.17, 15) is 9.59 Å². The molecule has 0 fully saturated rings. The lowest BCUT2D eigenvalue weighted by Crippen LogP contribution is -2.48. The van der Waals surface area contributed by atoms with E-state index in [4.69, 9.17) is 0 Å². The lowest BCUT2D eigenvalue weighted by molar-refractivity contribution is -0.120. The van der Waals surface area contributed by atoms with Crippen molar-refractivity contribution in [1.29, 1.82) is 0 Å². The molecule has 0 radical (unpaired) electrons. The second kappa shape index (κ2) is 8.16. The number of aryl methyl sites for hydroxylation is 1. The highest BCUT2D eigenvalue weighted by Crippen LogP contribution is 2.29. The van der Waals surface area contributed by atoms with Crippen molar-refractivity contribution in [3.8, 4) is 0 Å². The minimum absolute atomic E-state index is 0.139. The number of benzene rings is 1. The molecule has 0 aliphatic carbocycles. The summed E-state index contributed by atoms with van der Waals surface area (Å²) in [6.07, 6.45) is 8.71. The minimum Gasteiger partial charge on any atom is -0.324 e. The van der Waals surface area contributed by atoms with Gasteiger partial charge in [-0.15, -0.1) is 0 Å². The Bertz CT molecular complexity index is 1050. The fourth-order valence-corrected chi connectivity index (χ4v) is 3.83. The maximum absolute atomic E-state index is 12.9. The van der Waals surface area contributed by atoms with Crippen LogP contribution < -0.4 is 10.2 Å². The molecule has 0 spiro atoms. The number of halogens is 1. The van der Waals surface area contributed by atoms with E-state index in [1.807, 2.05) is 30.3 Å². The van der Waals surface area contributed by atoms with E-state index in [-0.39, 0.29) is 5.91 Å². The number of amides is 2. The van der Waals surface area contributed by atoms with Crippen molar-refractivity contribution in [2.75, 3.05) is 11.9 Å². The first kappa shape index (κ1) is 19.3. The van der Waals surface area contributed by atoms with E-state index in [2.05, 4.69) is 31.3 Å². The van der Waals surface area contributed by atoms with Gasteiger partial charge in [-0.2, -0.15) is 9.78 Å². The van der Waals surface area contributed by atoms with Crippen molar-refractivity contribution in [3.05, 3.63) is 76.3 Å². The van der Waals surface area contributed by atoms with Gasteiger partial charge in [-0.25, -0.2) is 4.79 Å². The molecule has 1 atom stereocenters. The lowest BCUT2D eigenvalue weighted by Gasteiger charge is -2.22. The van der Waals surface area contributed by atoms with Crippen LogP contribution in [0.4, 0.5) is 10.5 Å². The Morgan fingerprint density at radius 1 is 1.24 bits per heavy atom. The summed E-state index contributed by atoms with van der Waals surface area (Å²) in [6.45, 7) is 0. The first-order valence-corrected chi connectivity index (χ1v) is 10.1. The molecule has 0 unspecified atom stereocenters. The Kier molecular flexibility index (Phi) is 5.44. The number of rotatable bonds is 3. The average Bonchev–Trinajstić information content (AvgIpc) is 3.16. The number of likely N-dealkylation sites (N-methyl/N-ethyl adjacent to an activating group) is 1. The van der Waals surface area contributed by atoms with E-state index in [1.54, 1.807) is 36.7 Å². The molecule has 0 saturated heterocycles. The average molecular weight is 454 g/mol. The fraction of sp³-hybridized carbons (Fsp3) is 0.238. The number of carbonyl (C=O) groups is 2. The van der Waals surface area contributed by atoms with Crippen LogP contribution in [-0.4, -0.2) is 39.8 Å². The highest BCUT2D eigenvalue weighted by Gasteiger charge is 2.29. The number of carbonyl (C=O) groups excluding carboxylic acids is 2. The number of aromatic nitrogens is 3. The Hall–Kier alpha value is -3.00. The number of pyridine rings is 1. The Morgan fingerprint density at radius 3 is 2.83 bits per heavy atom. The minimum atomic E-state index is -0.605. The zero-order valence-corrected chi connectivity index (χ0v) is 17.5. The molecule has 0 bridgehead atoms. The van der Waals surface area contributed by atoms with Crippen molar-refractivity contribution in [2.45, 2.75) is 25.3 Å². The van der Waals surface area contributed by atoms with E-state index >= 15 is 0 Å². The number of fused-ring (bicyclic) bond motifs is 1. The molecule has 8 heteroatoms. The van der Waals surface area contributed by atoms with Crippen LogP contribution in [0, 0.1) is 0 Å². The summed E-state index contributed by atoms with van der Waals surface area (Å²) < 4.78 is 2.16. The van der Waals surface area contributed by atoms with Crippen LogP contribution in [0.1, 0.15) is 23.1 Å². The van der Waals surface area contributed by atoms with Crippen LogP contribution >= 0.6 is 15.9 Å².